The van der Waals surface area contributed by atoms with Crippen molar-refractivity contribution in [2.45, 2.75) is 19.8 Å². The summed E-state index contributed by atoms with van der Waals surface area (Å²) in [4.78, 5) is 26.7. The number of likely N-dealkylation sites (tertiary alicyclic amines) is 1. The highest BCUT2D eigenvalue weighted by Gasteiger charge is 2.28. The van der Waals surface area contributed by atoms with E-state index in [9.17, 15) is 9.59 Å². The van der Waals surface area contributed by atoms with Gasteiger partial charge < -0.3 is 25.0 Å². The van der Waals surface area contributed by atoms with Gasteiger partial charge in [-0.1, -0.05) is 18.2 Å². The van der Waals surface area contributed by atoms with E-state index in [1.807, 2.05) is 61.5 Å². The summed E-state index contributed by atoms with van der Waals surface area (Å²) < 4.78 is 11.1. The van der Waals surface area contributed by atoms with Crippen LogP contribution in [0.2, 0.25) is 0 Å². The van der Waals surface area contributed by atoms with Gasteiger partial charge in [0.2, 0.25) is 5.91 Å². The average Bonchev–Trinajstić information content (AvgIpc) is 2.78. The molecule has 1 atom stereocenters. The van der Waals surface area contributed by atoms with Crippen molar-refractivity contribution >= 4 is 17.6 Å². The molecular weight excluding hydrogens is 382 g/mol. The summed E-state index contributed by atoms with van der Waals surface area (Å²) in [5.74, 6) is 1.29. The summed E-state index contributed by atoms with van der Waals surface area (Å²) in [6, 6.07) is 16.6. The smallest absolute Gasteiger partial charge is 0.321 e. The van der Waals surface area contributed by atoms with Crippen LogP contribution < -0.4 is 20.1 Å². The number of amides is 3. The second-order valence-corrected chi connectivity index (χ2v) is 7.13. The first-order valence-electron chi connectivity index (χ1n) is 10.4. The minimum atomic E-state index is -0.203. The standard InChI is InChI=1S/C23H29N3O4/c1-2-29-20-10-12-21(13-11-20)30-16-14-24-22(27)18-7-6-15-26(17-18)23(28)25-19-8-4-3-5-9-19/h3-5,8-13,18H,2,6-7,14-17H2,1H3,(H,24,27)(H,25,28)/t18-/m0/s1. The van der Waals surface area contributed by atoms with Crippen LogP contribution in [0, 0.1) is 5.92 Å². The first kappa shape index (κ1) is 21.5. The molecule has 160 valence electrons. The largest absolute Gasteiger partial charge is 0.494 e. The number of hydrogen-bond acceptors (Lipinski definition) is 4. The molecule has 0 radical (unpaired) electrons. The molecule has 0 aliphatic carbocycles. The van der Waals surface area contributed by atoms with Crippen molar-refractivity contribution in [3.8, 4) is 11.5 Å². The number of para-hydroxylation sites is 1. The molecule has 1 fully saturated rings. The third-order valence-corrected chi connectivity index (χ3v) is 4.91. The Morgan fingerprint density at radius 2 is 1.73 bits per heavy atom. The Bertz CT molecular complexity index is 811. The number of urea groups is 1. The number of hydrogen-bond donors (Lipinski definition) is 2. The number of nitrogens with one attached hydrogen (secondary N) is 2. The zero-order valence-corrected chi connectivity index (χ0v) is 17.3. The van der Waals surface area contributed by atoms with Gasteiger partial charge in [0.25, 0.3) is 0 Å². The fraction of sp³-hybridized carbons (Fsp3) is 0.391. The number of benzene rings is 2. The summed E-state index contributed by atoms with van der Waals surface area (Å²) in [6.45, 7) is 4.43. The number of carbonyl (C=O) groups is 2. The number of nitrogens with zero attached hydrogens (tertiary/aromatic N) is 1. The Kier molecular flexibility index (Phi) is 7.94. The lowest BCUT2D eigenvalue weighted by molar-refractivity contribution is -0.126. The SMILES string of the molecule is CCOc1ccc(OCCNC(=O)[C@H]2CCCN(C(=O)Nc3ccccc3)C2)cc1. The molecule has 7 heteroatoms. The zero-order chi connectivity index (χ0) is 21.2. The summed E-state index contributed by atoms with van der Waals surface area (Å²) in [5, 5.41) is 5.80. The second-order valence-electron chi connectivity index (χ2n) is 7.13. The molecule has 2 N–H and O–H groups in total. The molecule has 0 spiro atoms. The van der Waals surface area contributed by atoms with E-state index in [1.165, 1.54) is 0 Å². The Labute approximate surface area is 177 Å². The molecule has 3 rings (SSSR count). The van der Waals surface area contributed by atoms with Crippen molar-refractivity contribution < 1.29 is 19.1 Å². The molecule has 3 amide bonds. The number of carbonyl (C=O) groups excluding carboxylic acids is 2. The normalized spacial score (nSPS) is 15.9. The van der Waals surface area contributed by atoms with Crippen molar-refractivity contribution in [1.29, 1.82) is 0 Å². The molecule has 0 bridgehead atoms. The van der Waals surface area contributed by atoms with Gasteiger partial charge in [0.05, 0.1) is 19.1 Å². The highest BCUT2D eigenvalue weighted by molar-refractivity contribution is 5.90. The Morgan fingerprint density at radius 1 is 1.03 bits per heavy atom. The second kappa shape index (κ2) is 11.1. The van der Waals surface area contributed by atoms with Gasteiger partial charge in [-0.25, -0.2) is 4.79 Å². The van der Waals surface area contributed by atoms with Crippen molar-refractivity contribution in [2.75, 3.05) is 38.2 Å². The Hall–Kier alpha value is -3.22. The number of rotatable bonds is 8. The Morgan fingerprint density at radius 3 is 2.43 bits per heavy atom. The van der Waals surface area contributed by atoms with Gasteiger partial charge in [-0.05, 0) is 56.2 Å². The number of ether oxygens (including phenoxy) is 2. The minimum Gasteiger partial charge on any atom is -0.494 e. The van der Waals surface area contributed by atoms with Gasteiger partial charge in [-0.15, -0.1) is 0 Å². The predicted molar refractivity (Wildman–Crippen MR) is 116 cm³/mol. The summed E-state index contributed by atoms with van der Waals surface area (Å²) in [7, 11) is 0. The fourth-order valence-electron chi connectivity index (χ4n) is 3.39. The molecule has 1 aliphatic rings. The maximum Gasteiger partial charge on any atom is 0.321 e. The van der Waals surface area contributed by atoms with E-state index in [0.717, 1.165) is 30.0 Å². The van der Waals surface area contributed by atoms with Gasteiger partial charge in [0, 0.05) is 18.8 Å². The van der Waals surface area contributed by atoms with Crippen LogP contribution in [0.15, 0.2) is 54.6 Å². The van der Waals surface area contributed by atoms with E-state index in [-0.39, 0.29) is 17.9 Å². The highest BCUT2D eigenvalue weighted by Crippen LogP contribution is 2.19. The topological polar surface area (TPSA) is 79.9 Å². The molecule has 0 saturated carbocycles. The van der Waals surface area contributed by atoms with E-state index in [0.29, 0.717) is 32.8 Å². The molecule has 0 unspecified atom stereocenters. The van der Waals surface area contributed by atoms with Crippen molar-refractivity contribution in [3.05, 3.63) is 54.6 Å². The number of piperidine rings is 1. The lowest BCUT2D eigenvalue weighted by Crippen LogP contribution is -2.47. The van der Waals surface area contributed by atoms with Crippen LogP contribution in [0.1, 0.15) is 19.8 Å². The van der Waals surface area contributed by atoms with Gasteiger partial charge in [0.15, 0.2) is 0 Å². The highest BCUT2D eigenvalue weighted by atomic mass is 16.5. The quantitative estimate of drug-likeness (QED) is 0.652. The lowest BCUT2D eigenvalue weighted by atomic mass is 9.97. The zero-order valence-electron chi connectivity index (χ0n) is 17.3. The fourth-order valence-corrected chi connectivity index (χ4v) is 3.39. The van der Waals surface area contributed by atoms with Crippen LogP contribution in [0.25, 0.3) is 0 Å². The van der Waals surface area contributed by atoms with E-state index in [1.54, 1.807) is 4.90 Å². The minimum absolute atomic E-state index is 0.0393. The molecule has 30 heavy (non-hydrogen) atoms. The Balaban J connectivity index is 1.39. The van der Waals surface area contributed by atoms with E-state index < -0.39 is 0 Å². The van der Waals surface area contributed by atoms with Crippen LogP contribution in [0.5, 0.6) is 11.5 Å². The van der Waals surface area contributed by atoms with Crippen LogP contribution in [-0.2, 0) is 4.79 Å². The van der Waals surface area contributed by atoms with Crippen molar-refractivity contribution in [2.24, 2.45) is 5.92 Å². The first-order valence-corrected chi connectivity index (χ1v) is 10.4. The molecule has 2 aromatic rings. The van der Waals surface area contributed by atoms with E-state index >= 15 is 0 Å². The summed E-state index contributed by atoms with van der Waals surface area (Å²) in [6.07, 6.45) is 1.59. The van der Waals surface area contributed by atoms with Crippen LogP contribution >= 0.6 is 0 Å². The molecule has 1 saturated heterocycles. The van der Waals surface area contributed by atoms with Crippen molar-refractivity contribution in [1.82, 2.24) is 10.2 Å². The summed E-state index contributed by atoms with van der Waals surface area (Å²) >= 11 is 0. The lowest BCUT2D eigenvalue weighted by Gasteiger charge is -2.32. The van der Waals surface area contributed by atoms with E-state index in [2.05, 4.69) is 10.6 Å². The van der Waals surface area contributed by atoms with Crippen molar-refractivity contribution in [3.63, 3.8) is 0 Å². The first-order chi connectivity index (χ1) is 14.7. The monoisotopic (exact) mass is 411 g/mol. The summed E-state index contributed by atoms with van der Waals surface area (Å²) in [5.41, 5.74) is 0.750. The molecule has 2 aromatic carbocycles. The molecule has 0 aromatic heterocycles. The average molecular weight is 412 g/mol. The van der Waals surface area contributed by atoms with Gasteiger partial charge in [-0.3, -0.25) is 4.79 Å². The molecule has 1 heterocycles. The maximum absolute atomic E-state index is 12.5. The van der Waals surface area contributed by atoms with Gasteiger partial charge >= 0.3 is 6.03 Å². The third-order valence-electron chi connectivity index (χ3n) is 4.91. The predicted octanol–water partition coefficient (Wildman–Crippen LogP) is 3.52. The maximum atomic E-state index is 12.5. The van der Waals surface area contributed by atoms with Crippen LogP contribution in [0.3, 0.4) is 0 Å². The van der Waals surface area contributed by atoms with E-state index in [4.69, 9.17) is 9.47 Å². The van der Waals surface area contributed by atoms with Crippen LogP contribution in [-0.4, -0.2) is 49.7 Å². The molecular formula is C23H29N3O4. The van der Waals surface area contributed by atoms with Gasteiger partial charge in [0.1, 0.15) is 18.1 Å². The van der Waals surface area contributed by atoms with Gasteiger partial charge in [-0.2, -0.15) is 0 Å². The van der Waals surface area contributed by atoms with Crippen LogP contribution in [0.4, 0.5) is 10.5 Å². The number of anilines is 1. The molecule has 7 nitrogen and oxygen atoms in total. The molecule has 1 aliphatic heterocycles. The third kappa shape index (κ3) is 6.40.